The summed E-state index contributed by atoms with van der Waals surface area (Å²) in [6, 6.07) is 7.36. The highest BCUT2D eigenvalue weighted by molar-refractivity contribution is 7.84. The van der Waals surface area contributed by atoms with Gasteiger partial charge in [-0.15, -0.1) is 0 Å². The number of benzene rings is 1. The molecule has 1 aromatic rings. The van der Waals surface area contributed by atoms with Gasteiger partial charge in [0.05, 0.1) is 5.56 Å². The van der Waals surface area contributed by atoms with Crippen LogP contribution in [-0.4, -0.2) is 35.2 Å². The Morgan fingerprint density at radius 1 is 1.35 bits per heavy atom. The van der Waals surface area contributed by atoms with E-state index in [2.05, 4.69) is 10.6 Å². The van der Waals surface area contributed by atoms with Crippen LogP contribution in [-0.2, 0) is 10.8 Å². The second-order valence-corrected chi connectivity index (χ2v) is 5.16. The zero-order valence-electron chi connectivity index (χ0n) is 10.2. The fourth-order valence-electron chi connectivity index (χ4n) is 1.43. The maximum absolute atomic E-state index is 11.9. The number of rotatable bonds is 6. The smallest absolute Gasteiger partial charge is 0.253 e. The molecule has 0 saturated carbocycles. The van der Waals surface area contributed by atoms with Crippen LogP contribution in [0.25, 0.3) is 0 Å². The van der Waals surface area contributed by atoms with Gasteiger partial charge in [0, 0.05) is 41.6 Å². The summed E-state index contributed by atoms with van der Waals surface area (Å²) in [7, 11) is -0.877. The number of anilines is 1. The highest BCUT2D eigenvalue weighted by Crippen LogP contribution is 2.14. The molecular weight excluding hydrogens is 236 g/mol. The summed E-state index contributed by atoms with van der Waals surface area (Å²) in [5.41, 5.74) is 1.45. The lowest BCUT2D eigenvalue weighted by molar-refractivity contribution is 0.0957. The van der Waals surface area contributed by atoms with Gasteiger partial charge in [-0.2, -0.15) is 0 Å². The van der Waals surface area contributed by atoms with E-state index < -0.39 is 10.8 Å². The lowest BCUT2D eigenvalue weighted by Crippen LogP contribution is -2.28. The predicted octanol–water partition coefficient (Wildman–Crippen LogP) is 1.23. The van der Waals surface area contributed by atoms with Crippen LogP contribution in [0.15, 0.2) is 24.3 Å². The van der Waals surface area contributed by atoms with Gasteiger partial charge >= 0.3 is 0 Å². The highest BCUT2D eigenvalue weighted by atomic mass is 32.2. The van der Waals surface area contributed by atoms with Gasteiger partial charge in [0.15, 0.2) is 0 Å². The molecule has 0 aliphatic carbocycles. The molecule has 1 rings (SSSR count). The van der Waals surface area contributed by atoms with Crippen molar-refractivity contribution in [1.29, 1.82) is 0 Å². The average molecular weight is 254 g/mol. The molecule has 0 bridgehead atoms. The Morgan fingerprint density at radius 3 is 2.71 bits per heavy atom. The second-order valence-electron chi connectivity index (χ2n) is 3.61. The first-order chi connectivity index (χ1) is 8.15. The molecular formula is C12H18N2O2S. The summed E-state index contributed by atoms with van der Waals surface area (Å²) in [5.74, 6) is 0.349. The Morgan fingerprint density at radius 2 is 2.06 bits per heavy atom. The summed E-state index contributed by atoms with van der Waals surface area (Å²) in [6.45, 7) is 3.18. The first kappa shape index (κ1) is 13.7. The summed E-state index contributed by atoms with van der Waals surface area (Å²) >= 11 is 0. The van der Waals surface area contributed by atoms with Crippen LogP contribution in [0.2, 0.25) is 0 Å². The number of carbonyl (C=O) groups excluding carboxylic acids is 1. The minimum Gasteiger partial charge on any atom is -0.385 e. The van der Waals surface area contributed by atoms with Gasteiger partial charge in [0.1, 0.15) is 0 Å². The summed E-state index contributed by atoms with van der Waals surface area (Å²) < 4.78 is 10.9. The minimum atomic E-state index is -0.877. The van der Waals surface area contributed by atoms with Crippen molar-refractivity contribution < 1.29 is 9.00 Å². The van der Waals surface area contributed by atoms with Gasteiger partial charge in [-0.1, -0.05) is 12.1 Å². The van der Waals surface area contributed by atoms with Crippen LogP contribution < -0.4 is 10.6 Å². The Bertz CT molecular complexity index is 407. The van der Waals surface area contributed by atoms with Gasteiger partial charge < -0.3 is 10.6 Å². The third kappa shape index (κ3) is 4.56. The first-order valence-corrected chi connectivity index (χ1v) is 7.29. The molecule has 17 heavy (non-hydrogen) atoms. The van der Waals surface area contributed by atoms with E-state index in [-0.39, 0.29) is 5.91 Å². The van der Waals surface area contributed by atoms with Crippen molar-refractivity contribution in [3.63, 3.8) is 0 Å². The van der Waals surface area contributed by atoms with E-state index in [0.29, 0.717) is 17.9 Å². The molecule has 1 aromatic carbocycles. The van der Waals surface area contributed by atoms with Crippen LogP contribution >= 0.6 is 0 Å². The lowest BCUT2D eigenvalue weighted by Gasteiger charge is -2.10. The number of para-hydroxylation sites is 1. The van der Waals surface area contributed by atoms with Crippen molar-refractivity contribution in [2.75, 3.05) is 30.4 Å². The molecule has 0 heterocycles. The maximum atomic E-state index is 11.9. The van der Waals surface area contributed by atoms with Crippen LogP contribution in [0.3, 0.4) is 0 Å². The molecule has 0 aromatic heterocycles. The molecule has 0 radical (unpaired) electrons. The molecule has 2 N–H and O–H groups in total. The third-order valence-electron chi connectivity index (χ3n) is 2.21. The number of hydrogen-bond donors (Lipinski definition) is 2. The van der Waals surface area contributed by atoms with E-state index in [0.717, 1.165) is 12.2 Å². The number of hydrogen-bond acceptors (Lipinski definition) is 3. The largest absolute Gasteiger partial charge is 0.385 e. The first-order valence-electron chi connectivity index (χ1n) is 5.56. The number of amides is 1. The quantitative estimate of drug-likeness (QED) is 0.802. The third-order valence-corrected chi connectivity index (χ3v) is 2.99. The Labute approximate surface area is 104 Å². The highest BCUT2D eigenvalue weighted by Gasteiger charge is 2.09. The van der Waals surface area contributed by atoms with E-state index in [4.69, 9.17) is 0 Å². The summed E-state index contributed by atoms with van der Waals surface area (Å²) in [5, 5.41) is 5.89. The van der Waals surface area contributed by atoms with E-state index in [1.165, 1.54) is 0 Å². The van der Waals surface area contributed by atoms with Gasteiger partial charge in [-0.3, -0.25) is 9.00 Å². The molecule has 1 atom stereocenters. The minimum absolute atomic E-state index is 0.132. The van der Waals surface area contributed by atoms with Crippen molar-refractivity contribution in [3.05, 3.63) is 29.8 Å². The second kappa shape index (κ2) is 7.06. The SMILES string of the molecule is CCNc1ccccc1C(=O)NCCS(C)=O. The van der Waals surface area contributed by atoms with Gasteiger partial charge in [-0.25, -0.2) is 0 Å². The molecule has 5 heteroatoms. The lowest BCUT2D eigenvalue weighted by atomic mass is 10.1. The maximum Gasteiger partial charge on any atom is 0.253 e. The van der Waals surface area contributed by atoms with Crippen LogP contribution in [0, 0.1) is 0 Å². The zero-order valence-corrected chi connectivity index (χ0v) is 11.0. The molecule has 94 valence electrons. The van der Waals surface area contributed by atoms with Gasteiger partial charge in [0.2, 0.25) is 0 Å². The molecule has 1 amide bonds. The molecule has 0 fully saturated rings. The molecule has 0 spiro atoms. The molecule has 4 nitrogen and oxygen atoms in total. The van der Waals surface area contributed by atoms with Gasteiger partial charge in [0.25, 0.3) is 5.91 Å². The topological polar surface area (TPSA) is 58.2 Å². The normalized spacial score (nSPS) is 11.9. The zero-order chi connectivity index (χ0) is 12.7. The monoisotopic (exact) mass is 254 g/mol. The fourth-order valence-corrected chi connectivity index (χ4v) is 1.82. The van der Waals surface area contributed by atoms with Crippen molar-refractivity contribution in [3.8, 4) is 0 Å². The summed E-state index contributed by atoms with van der Waals surface area (Å²) in [4.78, 5) is 11.9. The van der Waals surface area contributed by atoms with Crippen molar-refractivity contribution in [2.45, 2.75) is 6.92 Å². The number of nitrogens with one attached hydrogen (secondary N) is 2. The van der Waals surface area contributed by atoms with E-state index in [9.17, 15) is 9.00 Å². The van der Waals surface area contributed by atoms with Crippen LogP contribution in [0.1, 0.15) is 17.3 Å². The standard InChI is InChI=1S/C12H18N2O2S/c1-3-13-11-7-5-4-6-10(11)12(15)14-8-9-17(2)16/h4-7,13H,3,8-9H2,1-2H3,(H,14,15). The number of carbonyl (C=O) groups is 1. The Balaban J connectivity index is 2.64. The van der Waals surface area contributed by atoms with E-state index in [1.807, 2.05) is 25.1 Å². The Hall–Kier alpha value is -1.36. The predicted molar refractivity (Wildman–Crippen MR) is 71.9 cm³/mol. The Kier molecular flexibility index (Phi) is 5.69. The van der Waals surface area contributed by atoms with Crippen molar-refractivity contribution in [1.82, 2.24) is 5.32 Å². The molecule has 0 saturated heterocycles. The average Bonchev–Trinajstić information content (AvgIpc) is 2.29. The molecule has 1 unspecified atom stereocenters. The van der Waals surface area contributed by atoms with Crippen LogP contribution in [0.5, 0.6) is 0 Å². The van der Waals surface area contributed by atoms with Crippen molar-refractivity contribution >= 4 is 22.4 Å². The van der Waals surface area contributed by atoms with Crippen molar-refractivity contribution in [2.24, 2.45) is 0 Å². The molecule has 0 aliphatic heterocycles. The van der Waals surface area contributed by atoms with Crippen LogP contribution in [0.4, 0.5) is 5.69 Å². The fraction of sp³-hybridized carbons (Fsp3) is 0.417. The van der Waals surface area contributed by atoms with Gasteiger partial charge in [-0.05, 0) is 19.1 Å². The molecule has 0 aliphatic rings. The van der Waals surface area contributed by atoms with E-state index >= 15 is 0 Å². The summed E-state index contributed by atoms with van der Waals surface area (Å²) in [6.07, 6.45) is 1.62. The van der Waals surface area contributed by atoms with E-state index in [1.54, 1.807) is 12.3 Å².